The van der Waals surface area contributed by atoms with Crippen LogP contribution in [0.5, 0.6) is 0 Å². The molecule has 0 bridgehead atoms. The molecule has 3 aromatic rings. The Morgan fingerprint density at radius 2 is 1.89 bits per heavy atom. The van der Waals surface area contributed by atoms with Gasteiger partial charge in [0, 0.05) is 25.6 Å². The third-order valence-corrected chi connectivity index (χ3v) is 4.31. The zero-order chi connectivity index (χ0) is 20.1. The summed E-state index contributed by atoms with van der Waals surface area (Å²) in [6.45, 7) is 3.83. The van der Waals surface area contributed by atoms with E-state index in [2.05, 4.69) is 15.5 Å². The summed E-state index contributed by atoms with van der Waals surface area (Å²) in [5.41, 5.74) is 2.74. The molecule has 0 fully saturated rings. The van der Waals surface area contributed by atoms with Gasteiger partial charge in [0.25, 0.3) is 0 Å². The number of nitrogens with zero attached hydrogens (tertiary/aromatic N) is 3. The highest BCUT2D eigenvalue weighted by Gasteiger charge is 2.17. The van der Waals surface area contributed by atoms with Crippen LogP contribution in [0.15, 0.2) is 45.5 Å². The lowest BCUT2D eigenvalue weighted by Crippen LogP contribution is -2.35. The summed E-state index contributed by atoms with van der Waals surface area (Å²) in [6, 6.07) is 9.25. The van der Waals surface area contributed by atoms with Gasteiger partial charge in [0.2, 0.25) is 23.5 Å². The van der Waals surface area contributed by atoms with Gasteiger partial charge in [0.05, 0.1) is 12.8 Å². The number of carbonyl (C=O) groups excluding carboxylic acids is 2. The first-order valence-electron chi connectivity index (χ1n) is 8.90. The Labute approximate surface area is 162 Å². The van der Waals surface area contributed by atoms with Gasteiger partial charge >= 0.3 is 0 Å². The molecule has 146 valence electrons. The number of carbonyl (C=O) groups is 2. The Hall–Kier alpha value is -3.42. The molecule has 0 saturated heterocycles. The summed E-state index contributed by atoms with van der Waals surface area (Å²) in [4.78, 5) is 30.2. The lowest BCUT2D eigenvalue weighted by molar-refractivity contribution is -0.133. The first-order valence-corrected chi connectivity index (χ1v) is 8.90. The zero-order valence-electron chi connectivity index (χ0n) is 16.1. The summed E-state index contributed by atoms with van der Waals surface area (Å²) in [5.74, 6) is 0.754. The topological polar surface area (TPSA) is 101 Å². The monoisotopic (exact) mass is 382 g/mol. The molecule has 0 radical (unpaired) electrons. The summed E-state index contributed by atoms with van der Waals surface area (Å²) < 4.78 is 10.3. The Balaban J connectivity index is 1.50. The van der Waals surface area contributed by atoms with E-state index in [9.17, 15) is 9.59 Å². The first kappa shape index (κ1) is 19.3. The smallest absolute Gasteiger partial charge is 0.243 e. The van der Waals surface area contributed by atoms with Crippen LogP contribution >= 0.6 is 0 Å². The van der Waals surface area contributed by atoms with Crippen molar-refractivity contribution in [1.29, 1.82) is 0 Å². The van der Waals surface area contributed by atoms with Crippen LogP contribution in [-0.2, 0) is 16.0 Å². The molecule has 0 aliphatic carbocycles. The largest absolute Gasteiger partial charge is 0.461 e. The average molecular weight is 382 g/mol. The number of rotatable bonds is 7. The lowest BCUT2D eigenvalue weighted by Gasteiger charge is -2.18. The molecule has 0 spiro atoms. The van der Waals surface area contributed by atoms with Crippen molar-refractivity contribution in [3.05, 3.63) is 53.6 Å². The minimum atomic E-state index is -0.244. The fourth-order valence-electron chi connectivity index (χ4n) is 2.76. The second-order valence-corrected chi connectivity index (χ2v) is 6.55. The van der Waals surface area contributed by atoms with Gasteiger partial charge < -0.3 is 19.2 Å². The van der Waals surface area contributed by atoms with E-state index < -0.39 is 0 Å². The molecule has 2 amide bonds. The van der Waals surface area contributed by atoms with Gasteiger partial charge in [-0.1, -0.05) is 23.4 Å². The van der Waals surface area contributed by atoms with Crippen LogP contribution in [0.3, 0.4) is 0 Å². The minimum absolute atomic E-state index is 0.0336. The SMILES string of the molecule is Cc1cccc(C)c1NC(=O)CN(C)C(=O)CCc1nc(-c2ccco2)no1. The van der Waals surface area contributed by atoms with Crippen molar-refractivity contribution < 1.29 is 18.5 Å². The van der Waals surface area contributed by atoms with E-state index >= 15 is 0 Å². The molecule has 2 aromatic heterocycles. The Bertz CT molecular complexity index is 942. The third kappa shape index (κ3) is 4.64. The zero-order valence-corrected chi connectivity index (χ0v) is 16.1. The number of anilines is 1. The number of aromatic nitrogens is 2. The van der Waals surface area contributed by atoms with Crippen molar-refractivity contribution in [1.82, 2.24) is 15.0 Å². The van der Waals surface area contributed by atoms with Gasteiger partial charge in [-0.2, -0.15) is 4.98 Å². The second-order valence-electron chi connectivity index (χ2n) is 6.55. The summed E-state index contributed by atoms with van der Waals surface area (Å²) >= 11 is 0. The molecule has 28 heavy (non-hydrogen) atoms. The maximum absolute atomic E-state index is 12.3. The van der Waals surface area contributed by atoms with E-state index in [1.165, 1.54) is 11.2 Å². The molecule has 8 nitrogen and oxygen atoms in total. The highest BCUT2D eigenvalue weighted by molar-refractivity contribution is 5.95. The van der Waals surface area contributed by atoms with Gasteiger partial charge in [-0.3, -0.25) is 9.59 Å². The fourth-order valence-corrected chi connectivity index (χ4v) is 2.76. The van der Waals surface area contributed by atoms with Crippen molar-refractivity contribution in [3.63, 3.8) is 0 Å². The van der Waals surface area contributed by atoms with Crippen molar-refractivity contribution in [2.75, 3.05) is 18.9 Å². The van der Waals surface area contributed by atoms with Crippen LogP contribution in [0.2, 0.25) is 0 Å². The molecule has 1 aromatic carbocycles. The van der Waals surface area contributed by atoms with Crippen molar-refractivity contribution >= 4 is 17.5 Å². The number of amides is 2. The van der Waals surface area contributed by atoms with E-state index in [0.717, 1.165) is 16.8 Å². The number of aryl methyl sites for hydroxylation is 3. The Morgan fingerprint density at radius 1 is 1.14 bits per heavy atom. The average Bonchev–Trinajstić information content (AvgIpc) is 3.34. The number of nitrogens with one attached hydrogen (secondary N) is 1. The maximum Gasteiger partial charge on any atom is 0.243 e. The molecule has 1 N–H and O–H groups in total. The standard InChI is InChI=1S/C20H22N4O4/c1-13-6-4-7-14(2)19(13)21-16(25)12-24(3)18(26)10-9-17-22-20(23-28-17)15-8-5-11-27-15/h4-8,11H,9-10,12H2,1-3H3,(H,21,25). The van der Waals surface area contributed by atoms with Crippen LogP contribution in [-0.4, -0.2) is 40.4 Å². The normalized spacial score (nSPS) is 10.7. The quantitative estimate of drug-likeness (QED) is 0.674. The molecular formula is C20H22N4O4. The van der Waals surface area contributed by atoms with E-state index in [4.69, 9.17) is 8.94 Å². The predicted molar refractivity (Wildman–Crippen MR) is 103 cm³/mol. The molecule has 2 heterocycles. The van der Waals surface area contributed by atoms with Gasteiger partial charge in [-0.25, -0.2) is 0 Å². The summed E-state index contributed by atoms with van der Waals surface area (Å²) in [7, 11) is 1.59. The Kier molecular flexibility index (Phi) is 5.88. The number of hydrogen-bond donors (Lipinski definition) is 1. The van der Waals surface area contributed by atoms with Crippen molar-refractivity contribution in [2.45, 2.75) is 26.7 Å². The van der Waals surface area contributed by atoms with E-state index in [1.54, 1.807) is 19.2 Å². The molecule has 3 rings (SSSR count). The van der Waals surface area contributed by atoms with E-state index in [1.807, 2.05) is 32.0 Å². The molecule has 0 aliphatic rings. The number of benzene rings is 1. The van der Waals surface area contributed by atoms with E-state index in [0.29, 0.717) is 17.5 Å². The third-order valence-electron chi connectivity index (χ3n) is 4.31. The molecular weight excluding hydrogens is 360 g/mol. The summed E-state index contributed by atoms with van der Waals surface area (Å²) in [6.07, 6.45) is 1.97. The maximum atomic E-state index is 12.3. The van der Waals surface area contributed by atoms with Crippen LogP contribution in [0.1, 0.15) is 23.4 Å². The van der Waals surface area contributed by atoms with Crippen molar-refractivity contribution in [2.24, 2.45) is 0 Å². The molecule has 8 heteroatoms. The van der Waals surface area contributed by atoms with E-state index in [-0.39, 0.29) is 31.2 Å². The second kappa shape index (κ2) is 8.51. The lowest BCUT2D eigenvalue weighted by atomic mass is 10.1. The van der Waals surface area contributed by atoms with Crippen LogP contribution in [0.4, 0.5) is 5.69 Å². The number of para-hydroxylation sites is 1. The first-order chi connectivity index (χ1) is 13.4. The number of likely N-dealkylation sites (N-methyl/N-ethyl adjacent to an activating group) is 1. The number of furan rings is 1. The van der Waals surface area contributed by atoms with Gasteiger partial charge in [0.1, 0.15) is 0 Å². The fraction of sp³-hybridized carbons (Fsp3) is 0.300. The van der Waals surface area contributed by atoms with Gasteiger partial charge in [0.15, 0.2) is 5.76 Å². The van der Waals surface area contributed by atoms with Crippen LogP contribution in [0, 0.1) is 13.8 Å². The van der Waals surface area contributed by atoms with Gasteiger partial charge in [-0.15, -0.1) is 0 Å². The minimum Gasteiger partial charge on any atom is -0.461 e. The molecule has 0 aliphatic heterocycles. The molecule has 0 saturated carbocycles. The highest BCUT2D eigenvalue weighted by atomic mass is 16.5. The van der Waals surface area contributed by atoms with Crippen LogP contribution < -0.4 is 5.32 Å². The van der Waals surface area contributed by atoms with Gasteiger partial charge in [-0.05, 0) is 37.1 Å². The molecule has 0 atom stereocenters. The Morgan fingerprint density at radius 3 is 2.57 bits per heavy atom. The number of hydrogen-bond acceptors (Lipinski definition) is 6. The summed E-state index contributed by atoms with van der Waals surface area (Å²) in [5, 5.41) is 6.70. The molecule has 0 unspecified atom stereocenters. The predicted octanol–water partition coefficient (Wildman–Crippen LogP) is 2.98. The highest BCUT2D eigenvalue weighted by Crippen LogP contribution is 2.19. The van der Waals surface area contributed by atoms with Crippen molar-refractivity contribution in [3.8, 4) is 11.6 Å². The van der Waals surface area contributed by atoms with Crippen LogP contribution in [0.25, 0.3) is 11.6 Å².